The Kier molecular flexibility index (Phi) is 6.79. The van der Waals surface area contributed by atoms with E-state index in [1.807, 2.05) is 6.92 Å². The van der Waals surface area contributed by atoms with E-state index in [4.69, 9.17) is 0 Å². The summed E-state index contributed by atoms with van der Waals surface area (Å²) in [5, 5.41) is 3.34. The second-order valence-electron chi connectivity index (χ2n) is 6.36. The molecule has 20 heavy (non-hydrogen) atoms. The van der Waals surface area contributed by atoms with Crippen molar-refractivity contribution in [1.29, 1.82) is 0 Å². The van der Waals surface area contributed by atoms with Crippen LogP contribution >= 0.6 is 0 Å². The summed E-state index contributed by atoms with van der Waals surface area (Å²) < 4.78 is 37.6. The highest BCUT2D eigenvalue weighted by molar-refractivity contribution is 4.94. The van der Waals surface area contributed by atoms with Crippen molar-refractivity contribution in [1.82, 2.24) is 10.2 Å². The van der Waals surface area contributed by atoms with Crippen molar-refractivity contribution in [2.24, 2.45) is 0 Å². The predicted molar refractivity (Wildman–Crippen MR) is 76.9 cm³/mol. The first kappa shape index (κ1) is 17.8. The fourth-order valence-corrected chi connectivity index (χ4v) is 3.02. The molecule has 1 N–H and O–H groups in total. The van der Waals surface area contributed by atoms with Gasteiger partial charge in [-0.2, -0.15) is 13.2 Å². The molecule has 1 saturated heterocycles. The smallest absolute Gasteiger partial charge is 0.312 e. The molecule has 120 valence electrons. The molecule has 5 heteroatoms. The van der Waals surface area contributed by atoms with Crippen molar-refractivity contribution >= 4 is 0 Å². The third kappa shape index (κ3) is 5.60. The molecule has 1 unspecified atom stereocenters. The van der Waals surface area contributed by atoms with Crippen molar-refractivity contribution < 1.29 is 13.2 Å². The van der Waals surface area contributed by atoms with Crippen molar-refractivity contribution in [2.75, 3.05) is 19.6 Å². The maximum atomic E-state index is 12.5. The minimum absolute atomic E-state index is 0.109. The summed E-state index contributed by atoms with van der Waals surface area (Å²) in [7, 11) is 0. The largest absolute Gasteiger partial charge is 0.389 e. The molecule has 2 nitrogen and oxygen atoms in total. The average molecular weight is 294 g/mol. The van der Waals surface area contributed by atoms with E-state index in [2.05, 4.69) is 24.1 Å². The first-order valence-electron chi connectivity index (χ1n) is 7.82. The zero-order valence-electron chi connectivity index (χ0n) is 13.0. The van der Waals surface area contributed by atoms with Gasteiger partial charge < -0.3 is 5.32 Å². The SMILES string of the molecule is CCCNC(CCC(F)(F)F)C(C)(C)N1CCCCC1. The van der Waals surface area contributed by atoms with Crippen molar-refractivity contribution in [3.63, 3.8) is 0 Å². The van der Waals surface area contributed by atoms with Crippen LogP contribution in [0.5, 0.6) is 0 Å². The lowest BCUT2D eigenvalue weighted by molar-refractivity contribution is -0.138. The summed E-state index contributed by atoms with van der Waals surface area (Å²) in [5.41, 5.74) is -0.221. The van der Waals surface area contributed by atoms with Gasteiger partial charge in [-0.1, -0.05) is 13.3 Å². The third-order valence-electron chi connectivity index (χ3n) is 4.38. The second-order valence-corrected chi connectivity index (χ2v) is 6.36. The van der Waals surface area contributed by atoms with E-state index in [1.165, 1.54) is 6.42 Å². The number of hydrogen-bond donors (Lipinski definition) is 1. The molecule has 1 heterocycles. The molecular weight excluding hydrogens is 265 g/mol. The summed E-state index contributed by atoms with van der Waals surface area (Å²) in [6, 6.07) is -0.109. The van der Waals surface area contributed by atoms with E-state index in [9.17, 15) is 13.2 Å². The molecule has 0 aliphatic carbocycles. The fraction of sp³-hybridized carbons (Fsp3) is 1.00. The van der Waals surface area contributed by atoms with Crippen LogP contribution in [0.4, 0.5) is 13.2 Å². The maximum Gasteiger partial charge on any atom is 0.389 e. The summed E-state index contributed by atoms with van der Waals surface area (Å²) in [4.78, 5) is 2.36. The lowest BCUT2D eigenvalue weighted by Crippen LogP contribution is -2.59. The van der Waals surface area contributed by atoms with Crippen LogP contribution in [-0.4, -0.2) is 42.3 Å². The van der Waals surface area contributed by atoms with Crippen molar-refractivity contribution in [3.8, 4) is 0 Å². The molecule has 0 amide bonds. The summed E-state index contributed by atoms with van der Waals surface area (Å²) in [6.07, 6.45) is -0.115. The van der Waals surface area contributed by atoms with Crippen LogP contribution in [0.1, 0.15) is 59.3 Å². The molecule has 0 bridgehead atoms. The molecule has 1 aliphatic heterocycles. The quantitative estimate of drug-likeness (QED) is 0.764. The lowest BCUT2D eigenvalue weighted by Gasteiger charge is -2.46. The van der Waals surface area contributed by atoms with E-state index < -0.39 is 12.6 Å². The van der Waals surface area contributed by atoms with Crippen LogP contribution in [0, 0.1) is 0 Å². The molecular formula is C15H29F3N2. The number of halogens is 3. The Balaban J connectivity index is 2.67. The first-order valence-corrected chi connectivity index (χ1v) is 7.82. The molecule has 0 aromatic carbocycles. The van der Waals surface area contributed by atoms with Crippen molar-refractivity contribution in [2.45, 2.75) is 77.1 Å². The molecule has 0 aromatic rings. The van der Waals surface area contributed by atoms with Gasteiger partial charge in [-0.05, 0) is 59.2 Å². The number of nitrogens with one attached hydrogen (secondary N) is 1. The third-order valence-corrected chi connectivity index (χ3v) is 4.38. The predicted octanol–water partition coefficient (Wildman–Crippen LogP) is 3.96. The molecule has 1 rings (SSSR count). The van der Waals surface area contributed by atoms with Gasteiger partial charge in [0.2, 0.25) is 0 Å². The molecule has 0 aromatic heterocycles. The number of hydrogen-bond acceptors (Lipinski definition) is 2. The van der Waals surface area contributed by atoms with E-state index >= 15 is 0 Å². The fourth-order valence-electron chi connectivity index (χ4n) is 3.02. The number of likely N-dealkylation sites (tertiary alicyclic amines) is 1. The Labute approximate surface area is 121 Å². The van der Waals surface area contributed by atoms with Crippen molar-refractivity contribution in [3.05, 3.63) is 0 Å². The van der Waals surface area contributed by atoms with Gasteiger partial charge in [0.25, 0.3) is 0 Å². The van der Waals surface area contributed by atoms with Gasteiger partial charge in [0.05, 0.1) is 0 Å². The molecule has 1 aliphatic rings. The monoisotopic (exact) mass is 294 g/mol. The first-order chi connectivity index (χ1) is 9.27. The number of rotatable bonds is 7. The van der Waals surface area contributed by atoms with E-state index in [0.29, 0.717) is 0 Å². The van der Waals surface area contributed by atoms with Crippen LogP contribution < -0.4 is 5.32 Å². The van der Waals surface area contributed by atoms with Gasteiger partial charge >= 0.3 is 6.18 Å². The standard InChI is InChI=1S/C15H29F3N2/c1-4-10-19-13(8-9-15(16,17)18)14(2,3)20-11-6-5-7-12-20/h13,19H,4-12H2,1-3H3. The van der Waals surface area contributed by atoms with E-state index in [-0.39, 0.29) is 18.0 Å². The Morgan fingerprint density at radius 3 is 2.20 bits per heavy atom. The summed E-state index contributed by atoms with van der Waals surface area (Å²) >= 11 is 0. The van der Waals surface area contributed by atoms with Crippen LogP contribution in [-0.2, 0) is 0 Å². The van der Waals surface area contributed by atoms with Crippen LogP contribution in [0.25, 0.3) is 0 Å². The molecule has 0 saturated carbocycles. The minimum atomic E-state index is -4.07. The maximum absolute atomic E-state index is 12.5. The van der Waals surface area contributed by atoms with Gasteiger partial charge in [0.1, 0.15) is 0 Å². The Bertz CT molecular complexity index is 271. The molecule has 1 atom stereocenters. The van der Waals surface area contributed by atoms with Gasteiger partial charge in [0.15, 0.2) is 0 Å². The van der Waals surface area contributed by atoms with Gasteiger partial charge in [-0.15, -0.1) is 0 Å². The van der Waals surface area contributed by atoms with Gasteiger partial charge in [0, 0.05) is 18.0 Å². The van der Waals surface area contributed by atoms with Crippen LogP contribution in [0.15, 0.2) is 0 Å². The number of nitrogens with zero attached hydrogens (tertiary/aromatic N) is 1. The highest BCUT2D eigenvalue weighted by atomic mass is 19.4. The normalized spacial score (nSPS) is 20.1. The molecule has 0 spiro atoms. The summed E-state index contributed by atoms with van der Waals surface area (Å²) in [5.74, 6) is 0. The van der Waals surface area contributed by atoms with Gasteiger partial charge in [-0.25, -0.2) is 0 Å². The Morgan fingerprint density at radius 1 is 1.10 bits per heavy atom. The molecule has 0 radical (unpaired) electrons. The van der Waals surface area contributed by atoms with E-state index in [1.54, 1.807) is 0 Å². The van der Waals surface area contributed by atoms with Crippen LogP contribution in [0.3, 0.4) is 0 Å². The van der Waals surface area contributed by atoms with Crippen LogP contribution in [0.2, 0.25) is 0 Å². The Hall–Kier alpha value is -0.290. The minimum Gasteiger partial charge on any atom is -0.312 e. The lowest BCUT2D eigenvalue weighted by atomic mass is 9.87. The highest BCUT2D eigenvalue weighted by Gasteiger charge is 2.38. The zero-order chi connectivity index (χ0) is 15.2. The number of alkyl halides is 3. The average Bonchev–Trinajstić information content (AvgIpc) is 2.38. The Morgan fingerprint density at radius 2 is 1.70 bits per heavy atom. The van der Waals surface area contributed by atoms with E-state index in [0.717, 1.165) is 38.9 Å². The van der Waals surface area contributed by atoms with Gasteiger partial charge in [-0.3, -0.25) is 4.90 Å². The highest BCUT2D eigenvalue weighted by Crippen LogP contribution is 2.29. The zero-order valence-corrected chi connectivity index (χ0v) is 13.0. The number of piperidine rings is 1. The topological polar surface area (TPSA) is 15.3 Å². The second kappa shape index (κ2) is 7.64. The summed E-state index contributed by atoms with van der Waals surface area (Å²) in [6.45, 7) is 9.00. The molecule has 1 fully saturated rings.